The molecule has 2 unspecified atom stereocenters. The number of halogens is 2. The van der Waals surface area contributed by atoms with Crippen LogP contribution in [0.3, 0.4) is 0 Å². The van der Waals surface area contributed by atoms with Crippen molar-refractivity contribution in [3.63, 3.8) is 0 Å². The number of likely N-dealkylation sites (tertiary alicyclic amines) is 1. The topological polar surface area (TPSA) is 71.3 Å². The molecule has 162 valence electrons. The van der Waals surface area contributed by atoms with Crippen molar-refractivity contribution in [2.24, 2.45) is 0 Å². The van der Waals surface area contributed by atoms with E-state index in [2.05, 4.69) is 20.4 Å². The minimum Gasteiger partial charge on any atom is -0.339 e. The average molecular weight is 443 g/mol. The number of nitrogens with one attached hydrogen (secondary N) is 1. The van der Waals surface area contributed by atoms with Crippen LogP contribution < -0.4 is 5.32 Å². The van der Waals surface area contributed by atoms with Crippen molar-refractivity contribution in [2.45, 2.75) is 38.6 Å². The highest BCUT2D eigenvalue weighted by Gasteiger charge is 2.31. The molecule has 4 rings (SSSR count). The van der Waals surface area contributed by atoms with E-state index in [1.807, 2.05) is 19.9 Å². The first kappa shape index (κ1) is 21.5. The summed E-state index contributed by atoms with van der Waals surface area (Å²) in [5, 5.41) is 7.58. The molecule has 1 fully saturated rings. The maximum Gasteiger partial charge on any atom is 0.241 e. The van der Waals surface area contributed by atoms with Gasteiger partial charge in [0.2, 0.25) is 17.6 Å². The summed E-state index contributed by atoms with van der Waals surface area (Å²) in [4.78, 5) is 19.5. The van der Waals surface area contributed by atoms with Gasteiger partial charge in [0.1, 0.15) is 5.82 Å². The van der Waals surface area contributed by atoms with Gasteiger partial charge in [-0.1, -0.05) is 35.0 Å². The second-order valence-corrected chi connectivity index (χ2v) is 8.36. The number of hydrogen-bond acceptors (Lipinski definition) is 5. The van der Waals surface area contributed by atoms with Crippen LogP contribution in [-0.4, -0.2) is 40.1 Å². The second-order valence-electron chi connectivity index (χ2n) is 7.93. The minimum absolute atomic E-state index is 0.0201. The van der Waals surface area contributed by atoms with E-state index < -0.39 is 0 Å². The number of anilines is 1. The van der Waals surface area contributed by atoms with Crippen molar-refractivity contribution < 1.29 is 13.7 Å². The molecule has 0 aliphatic carbocycles. The third kappa shape index (κ3) is 4.94. The Kier molecular flexibility index (Phi) is 6.34. The van der Waals surface area contributed by atoms with Crippen LogP contribution in [0.25, 0.3) is 11.4 Å². The van der Waals surface area contributed by atoms with Gasteiger partial charge in [0.15, 0.2) is 0 Å². The molecule has 8 heteroatoms. The number of piperidine rings is 1. The summed E-state index contributed by atoms with van der Waals surface area (Å²) < 4.78 is 19.0. The molecule has 1 aliphatic heterocycles. The molecule has 0 bridgehead atoms. The van der Waals surface area contributed by atoms with Gasteiger partial charge in [0, 0.05) is 22.8 Å². The van der Waals surface area contributed by atoms with Crippen molar-refractivity contribution in [3.05, 3.63) is 64.8 Å². The van der Waals surface area contributed by atoms with Crippen LogP contribution >= 0.6 is 11.6 Å². The Labute approximate surface area is 185 Å². The fourth-order valence-corrected chi connectivity index (χ4v) is 4.01. The molecule has 31 heavy (non-hydrogen) atoms. The van der Waals surface area contributed by atoms with Crippen molar-refractivity contribution in [2.75, 3.05) is 18.4 Å². The van der Waals surface area contributed by atoms with Crippen LogP contribution in [-0.2, 0) is 4.79 Å². The number of carbonyl (C=O) groups is 1. The minimum atomic E-state index is -0.345. The predicted octanol–water partition coefficient (Wildman–Crippen LogP) is 5.04. The lowest BCUT2D eigenvalue weighted by Crippen LogP contribution is -2.46. The molecule has 3 aromatic rings. The fourth-order valence-electron chi connectivity index (χ4n) is 3.84. The summed E-state index contributed by atoms with van der Waals surface area (Å²) in [7, 11) is 0. The standard InChI is InChI=1S/C23H24ClFN4O2/c1-14-8-9-18(24)12-20(14)26-22(30)15(2)29-10-4-6-17(13-29)23-27-21(28-31-23)16-5-3-7-19(25)11-16/h3,5,7-9,11-12,15,17H,4,6,10,13H2,1-2H3,(H,26,30). The van der Waals surface area contributed by atoms with Gasteiger partial charge >= 0.3 is 0 Å². The Hall–Kier alpha value is -2.77. The van der Waals surface area contributed by atoms with Gasteiger partial charge in [-0.2, -0.15) is 4.98 Å². The smallest absolute Gasteiger partial charge is 0.241 e. The van der Waals surface area contributed by atoms with E-state index in [9.17, 15) is 9.18 Å². The molecule has 1 aliphatic rings. The van der Waals surface area contributed by atoms with Gasteiger partial charge in [-0.05, 0) is 63.1 Å². The van der Waals surface area contributed by atoms with E-state index in [0.29, 0.717) is 28.8 Å². The van der Waals surface area contributed by atoms with Crippen molar-refractivity contribution >= 4 is 23.2 Å². The van der Waals surface area contributed by atoms with Crippen molar-refractivity contribution in [1.29, 1.82) is 0 Å². The number of nitrogens with zero attached hydrogens (tertiary/aromatic N) is 3. The van der Waals surface area contributed by atoms with Crippen LogP contribution in [0.2, 0.25) is 5.02 Å². The van der Waals surface area contributed by atoms with Crippen LogP contribution in [0.15, 0.2) is 47.0 Å². The van der Waals surface area contributed by atoms with Crippen molar-refractivity contribution in [3.8, 4) is 11.4 Å². The Morgan fingerprint density at radius 1 is 1.32 bits per heavy atom. The lowest BCUT2D eigenvalue weighted by molar-refractivity contribution is -0.121. The number of hydrogen-bond donors (Lipinski definition) is 1. The number of benzene rings is 2. The number of aromatic nitrogens is 2. The summed E-state index contributed by atoms with van der Waals surface area (Å²) in [6.45, 7) is 5.27. The number of rotatable bonds is 5. The quantitative estimate of drug-likeness (QED) is 0.599. The first-order chi connectivity index (χ1) is 14.9. The van der Waals surface area contributed by atoms with Gasteiger partial charge < -0.3 is 9.84 Å². The SMILES string of the molecule is Cc1ccc(Cl)cc1NC(=O)C(C)N1CCCC(c2nc(-c3cccc(F)c3)no2)C1. The largest absolute Gasteiger partial charge is 0.339 e. The average Bonchev–Trinajstić information content (AvgIpc) is 3.26. The van der Waals surface area contributed by atoms with Crippen LogP contribution in [0.5, 0.6) is 0 Å². The van der Waals surface area contributed by atoms with Gasteiger partial charge in [-0.15, -0.1) is 0 Å². The first-order valence-corrected chi connectivity index (χ1v) is 10.7. The first-order valence-electron chi connectivity index (χ1n) is 10.3. The van der Waals surface area contributed by atoms with E-state index in [0.717, 1.165) is 30.6 Å². The number of amides is 1. The molecule has 2 aromatic carbocycles. The van der Waals surface area contributed by atoms with E-state index in [1.165, 1.54) is 12.1 Å². The maximum atomic E-state index is 13.5. The predicted molar refractivity (Wildman–Crippen MR) is 118 cm³/mol. The summed E-state index contributed by atoms with van der Waals surface area (Å²) in [6.07, 6.45) is 1.80. The summed E-state index contributed by atoms with van der Waals surface area (Å²) in [5.74, 6) is 0.474. The molecule has 0 radical (unpaired) electrons. The summed E-state index contributed by atoms with van der Waals surface area (Å²) in [6, 6.07) is 11.2. The molecule has 1 aromatic heterocycles. The Morgan fingerprint density at radius 3 is 2.97 bits per heavy atom. The molecule has 1 saturated heterocycles. The number of aryl methyl sites for hydroxylation is 1. The Balaban J connectivity index is 1.43. The molecule has 1 amide bonds. The van der Waals surface area contributed by atoms with E-state index in [1.54, 1.807) is 24.3 Å². The third-order valence-electron chi connectivity index (χ3n) is 5.71. The highest BCUT2D eigenvalue weighted by Crippen LogP contribution is 2.29. The fraction of sp³-hybridized carbons (Fsp3) is 0.348. The molecule has 2 heterocycles. The number of carbonyl (C=O) groups excluding carboxylic acids is 1. The molecule has 1 N–H and O–H groups in total. The van der Waals surface area contributed by atoms with Gasteiger partial charge in [0.05, 0.1) is 12.0 Å². The van der Waals surface area contributed by atoms with Crippen LogP contribution in [0.1, 0.15) is 37.1 Å². The van der Waals surface area contributed by atoms with E-state index in [-0.39, 0.29) is 23.7 Å². The zero-order valence-corrected chi connectivity index (χ0v) is 18.2. The zero-order valence-electron chi connectivity index (χ0n) is 17.4. The summed E-state index contributed by atoms with van der Waals surface area (Å²) >= 11 is 6.06. The maximum absolute atomic E-state index is 13.5. The van der Waals surface area contributed by atoms with Gasteiger partial charge in [0.25, 0.3) is 0 Å². The Morgan fingerprint density at radius 2 is 2.16 bits per heavy atom. The zero-order chi connectivity index (χ0) is 22.0. The Bertz CT molecular complexity index is 1090. The monoisotopic (exact) mass is 442 g/mol. The molecule has 2 atom stereocenters. The molecular formula is C23H24ClFN4O2. The molecule has 0 saturated carbocycles. The highest BCUT2D eigenvalue weighted by molar-refractivity contribution is 6.31. The molecular weight excluding hydrogens is 419 g/mol. The van der Waals surface area contributed by atoms with Crippen LogP contribution in [0, 0.1) is 12.7 Å². The molecule has 0 spiro atoms. The van der Waals surface area contributed by atoms with Gasteiger partial charge in [-0.3, -0.25) is 9.69 Å². The van der Waals surface area contributed by atoms with E-state index in [4.69, 9.17) is 16.1 Å². The normalized spacial score (nSPS) is 18.0. The third-order valence-corrected chi connectivity index (χ3v) is 5.95. The van der Waals surface area contributed by atoms with Crippen LogP contribution in [0.4, 0.5) is 10.1 Å². The lowest BCUT2D eigenvalue weighted by Gasteiger charge is -2.34. The second kappa shape index (κ2) is 9.16. The lowest BCUT2D eigenvalue weighted by atomic mass is 9.96. The molecule has 6 nitrogen and oxygen atoms in total. The van der Waals surface area contributed by atoms with E-state index >= 15 is 0 Å². The highest BCUT2D eigenvalue weighted by atomic mass is 35.5. The van der Waals surface area contributed by atoms with Gasteiger partial charge in [-0.25, -0.2) is 4.39 Å². The van der Waals surface area contributed by atoms with Crippen molar-refractivity contribution in [1.82, 2.24) is 15.0 Å². The summed E-state index contributed by atoms with van der Waals surface area (Å²) in [5.41, 5.74) is 2.25.